The number of carbonyl (C=O) groups is 2. The molecule has 3 rings (SSSR count). The maximum absolute atomic E-state index is 12.5. The Hall–Kier alpha value is -3.51. The lowest BCUT2D eigenvalue weighted by Gasteiger charge is -2.13. The minimum Gasteiger partial charge on any atom is -0.497 e. The number of nitrogens with one attached hydrogen (secondary N) is 2. The minimum absolute atomic E-state index is 0.113. The highest BCUT2D eigenvalue weighted by atomic mass is 32.2. The lowest BCUT2D eigenvalue weighted by atomic mass is 10.2. The molecule has 0 bridgehead atoms. The topological polar surface area (TPSA) is 67.4 Å². The van der Waals surface area contributed by atoms with E-state index in [0.717, 1.165) is 10.5 Å². The van der Waals surface area contributed by atoms with Crippen molar-refractivity contribution < 1.29 is 14.3 Å². The molecule has 1 atom stereocenters. The second-order valence-corrected chi connectivity index (χ2v) is 8.16. The Kier molecular flexibility index (Phi) is 7.90. The van der Waals surface area contributed by atoms with Gasteiger partial charge in [-0.05, 0) is 48.9 Å². The van der Waals surface area contributed by atoms with Gasteiger partial charge in [0.25, 0.3) is 0 Å². The summed E-state index contributed by atoms with van der Waals surface area (Å²) in [5.74, 6) is 0.358. The van der Waals surface area contributed by atoms with Gasteiger partial charge in [0, 0.05) is 28.4 Å². The van der Waals surface area contributed by atoms with Crippen molar-refractivity contribution in [2.45, 2.75) is 17.1 Å². The highest BCUT2D eigenvalue weighted by Gasteiger charge is 2.15. The zero-order chi connectivity index (χ0) is 22.1. The molecule has 0 aliphatic rings. The maximum atomic E-state index is 12.5. The number of thioether (sulfide) groups is 1. The molecule has 3 aromatic rings. The second-order valence-electron chi connectivity index (χ2n) is 6.74. The van der Waals surface area contributed by atoms with E-state index >= 15 is 0 Å². The first-order valence-electron chi connectivity index (χ1n) is 9.79. The summed E-state index contributed by atoms with van der Waals surface area (Å²) in [7, 11) is 1.59. The molecule has 2 N–H and O–H groups in total. The maximum Gasteiger partial charge on any atom is 0.248 e. The van der Waals surface area contributed by atoms with E-state index in [4.69, 9.17) is 4.74 Å². The molecule has 5 nitrogen and oxygen atoms in total. The van der Waals surface area contributed by atoms with Gasteiger partial charge in [-0.15, -0.1) is 11.8 Å². The van der Waals surface area contributed by atoms with Crippen molar-refractivity contribution in [3.63, 3.8) is 0 Å². The van der Waals surface area contributed by atoms with Crippen molar-refractivity contribution in [2.75, 3.05) is 17.7 Å². The third-order valence-electron chi connectivity index (χ3n) is 4.35. The second kappa shape index (κ2) is 11.0. The van der Waals surface area contributed by atoms with Gasteiger partial charge in [-0.25, -0.2) is 0 Å². The van der Waals surface area contributed by atoms with E-state index in [1.807, 2.05) is 79.7 Å². The van der Waals surface area contributed by atoms with E-state index in [1.54, 1.807) is 19.3 Å². The van der Waals surface area contributed by atoms with E-state index in [9.17, 15) is 9.59 Å². The number of carbonyl (C=O) groups excluding carboxylic acids is 2. The van der Waals surface area contributed by atoms with Gasteiger partial charge in [0.1, 0.15) is 5.75 Å². The fraction of sp³-hybridized carbons (Fsp3) is 0.120. The summed E-state index contributed by atoms with van der Waals surface area (Å²) < 4.78 is 5.18. The van der Waals surface area contributed by atoms with Gasteiger partial charge in [0.15, 0.2) is 0 Å². The highest BCUT2D eigenvalue weighted by molar-refractivity contribution is 8.00. The number of amides is 2. The Morgan fingerprint density at radius 3 is 2.35 bits per heavy atom. The third-order valence-corrected chi connectivity index (χ3v) is 5.44. The number of hydrogen-bond acceptors (Lipinski definition) is 4. The van der Waals surface area contributed by atoms with Crippen LogP contribution < -0.4 is 15.4 Å². The zero-order valence-electron chi connectivity index (χ0n) is 17.4. The molecular formula is C25H24N2O3S. The standard InChI is InChI=1S/C25H24N2O3S/c1-18(25(29)27-20-10-6-12-22(16-20)30-2)31-23-13-7-11-21(17-23)26-24(28)15-14-19-8-4-3-5-9-19/h3-18H,1-2H3,(H,26,28)(H,27,29)/b15-14+. The first kappa shape index (κ1) is 22.2. The van der Waals surface area contributed by atoms with Crippen molar-refractivity contribution in [3.8, 4) is 5.75 Å². The van der Waals surface area contributed by atoms with E-state index in [-0.39, 0.29) is 17.1 Å². The van der Waals surface area contributed by atoms with Crippen LogP contribution in [0.3, 0.4) is 0 Å². The van der Waals surface area contributed by atoms with Crippen LogP contribution in [0.25, 0.3) is 6.08 Å². The molecule has 0 saturated heterocycles. The van der Waals surface area contributed by atoms with Gasteiger partial charge >= 0.3 is 0 Å². The van der Waals surface area contributed by atoms with Crippen molar-refractivity contribution in [2.24, 2.45) is 0 Å². The predicted molar refractivity (Wildman–Crippen MR) is 127 cm³/mol. The monoisotopic (exact) mass is 432 g/mol. The molecular weight excluding hydrogens is 408 g/mol. The van der Waals surface area contributed by atoms with Gasteiger partial charge < -0.3 is 15.4 Å². The molecule has 0 heterocycles. The van der Waals surface area contributed by atoms with Gasteiger partial charge in [0.2, 0.25) is 11.8 Å². The molecule has 0 spiro atoms. The van der Waals surface area contributed by atoms with Crippen LogP contribution in [0.1, 0.15) is 12.5 Å². The molecule has 0 saturated carbocycles. The van der Waals surface area contributed by atoms with Crippen molar-refractivity contribution in [1.29, 1.82) is 0 Å². The molecule has 1 unspecified atom stereocenters. The first-order chi connectivity index (χ1) is 15.0. The van der Waals surface area contributed by atoms with Crippen LogP contribution in [0.4, 0.5) is 11.4 Å². The number of anilines is 2. The molecule has 2 amide bonds. The molecule has 3 aromatic carbocycles. The first-order valence-corrected chi connectivity index (χ1v) is 10.7. The molecule has 6 heteroatoms. The zero-order valence-corrected chi connectivity index (χ0v) is 18.2. The average Bonchev–Trinajstić information content (AvgIpc) is 2.78. The van der Waals surface area contributed by atoms with Gasteiger partial charge in [-0.1, -0.05) is 42.5 Å². The fourth-order valence-corrected chi connectivity index (χ4v) is 3.70. The smallest absolute Gasteiger partial charge is 0.248 e. The number of ether oxygens (including phenoxy) is 1. The molecule has 31 heavy (non-hydrogen) atoms. The van der Waals surface area contributed by atoms with E-state index < -0.39 is 0 Å². The Bertz CT molecular complexity index is 1070. The van der Waals surface area contributed by atoms with Crippen LogP contribution in [0.2, 0.25) is 0 Å². The van der Waals surface area contributed by atoms with Crippen LogP contribution in [-0.4, -0.2) is 24.2 Å². The molecule has 158 valence electrons. The van der Waals surface area contributed by atoms with E-state index in [1.165, 1.54) is 17.8 Å². The SMILES string of the molecule is COc1cccc(NC(=O)C(C)Sc2cccc(NC(=O)/C=C/c3ccccc3)c2)c1. The van der Waals surface area contributed by atoms with E-state index in [0.29, 0.717) is 17.1 Å². The number of hydrogen-bond donors (Lipinski definition) is 2. The molecule has 0 fully saturated rings. The molecule has 0 aromatic heterocycles. The minimum atomic E-state index is -0.324. The van der Waals surface area contributed by atoms with Crippen LogP contribution >= 0.6 is 11.8 Å². The van der Waals surface area contributed by atoms with Crippen molar-refractivity contribution in [3.05, 3.63) is 90.5 Å². The largest absolute Gasteiger partial charge is 0.497 e. The Morgan fingerprint density at radius 2 is 1.61 bits per heavy atom. The number of benzene rings is 3. The van der Waals surface area contributed by atoms with Gasteiger partial charge in [-0.2, -0.15) is 0 Å². The summed E-state index contributed by atoms with van der Waals surface area (Å²) in [5.41, 5.74) is 2.31. The normalized spacial score (nSPS) is 11.7. The molecule has 0 aliphatic heterocycles. The molecule has 0 aliphatic carbocycles. The van der Waals surface area contributed by atoms with E-state index in [2.05, 4.69) is 10.6 Å². The Labute approximate surface area is 186 Å². The lowest BCUT2D eigenvalue weighted by molar-refractivity contribution is -0.115. The van der Waals surface area contributed by atoms with Crippen LogP contribution in [0.15, 0.2) is 89.8 Å². The lowest BCUT2D eigenvalue weighted by Crippen LogP contribution is -2.22. The summed E-state index contributed by atoms with van der Waals surface area (Å²) in [6, 6.07) is 24.3. The third kappa shape index (κ3) is 7.04. The van der Waals surface area contributed by atoms with Crippen LogP contribution in [0.5, 0.6) is 5.75 Å². The van der Waals surface area contributed by atoms with Gasteiger partial charge in [0.05, 0.1) is 12.4 Å². The number of rotatable bonds is 8. The van der Waals surface area contributed by atoms with Gasteiger partial charge in [-0.3, -0.25) is 9.59 Å². The molecule has 0 radical (unpaired) electrons. The fourth-order valence-electron chi connectivity index (χ4n) is 2.77. The van der Waals surface area contributed by atoms with Crippen LogP contribution in [0, 0.1) is 0 Å². The Balaban J connectivity index is 1.57. The highest BCUT2D eigenvalue weighted by Crippen LogP contribution is 2.27. The summed E-state index contributed by atoms with van der Waals surface area (Å²) >= 11 is 1.42. The quantitative estimate of drug-likeness (QED) is 0.366. The average molecular weight is 433 g/mol. The summed E-state index contributed by atoms with van der Waals surface area (Å²) in [5, 5.41) is 5.43. The van der Waals surface area contributed by atoms with Crippen molar-refractivity contribution in [1.82, 2.24) is 0 Å². The summed E-state index contributed by atoms with van der Waals surface area (Å²) in [4.78, 5) is 25.6. The Morgan fingerprint density at radius 1 is 0.903 bits per heavy atom. The predicted octanol–water partition coefficient (Wildman–Crippen LogP) is 5.47. The number of methoxy groups -OCH3 is 1. The summed E-state index contributed by atoms with van der Waals surface area (Å²) in [6.07, 6.45) is 3.26. The summed E-state index contributed by atoms with van der Waals surface area (Å²) in [6.45, 7) is 1.84. The van der Waals surface area contributed by atoms with Crippen LogP contribution in [-0.2, 0) is 9.59 Å². The van der Waals surface area contributed by atoms with Crippen molar-refractivity contribution >= 4 is 41.0 Å².